The van der Waals surface area contributed by atoms with Gasteiger partial charge in [0.25, 0.3) is 0 Å². The molecule has 0 atom stereocenters. The molecule has 0 aliphatic heterocycles. The van der Waals surface area contributed by atoms with Crippen molar-refractivity contribution in [3.63, 3.8) is 0 Å². The van der Waals surface area contributed by atoms with E-state index in [4.69, 9.17) is 0 Å². The van der Waals surface area contributed by atoms with E-state index in [0.717, 1.165) is 39.6 Å². The molecule has 3 aromatic carbocycles. The van der Waals surface area contributed by atoms with E-state index >= 15 is 0 Å². The average molecular weight is 546 g/mol. The van der Waals surface area contributed by atoms with E-state index in [-0.39, 0.29) is 0 Å². The van der Waals surface area contributed by atoms with Crippen LogP contribution in [0, 0.1) is 0 Å². The van der Waals surface area contributed by atoms with Gasteiger partial charge in [-0.05, 0) is 71.8 Å². The summed E-state index contributed by atoms with van der Waals surface area (Å²) in [6.45, 7) is 16.0. The van der Waals surface area contributed by atoms with Gasteiger partial charge in [0.2, 0.25) is 0 Å². The van der Waals surface area contributed by atoms with Crippen molar-refractivity contribution in [3.05, 3.63) is 139 Å². The van der Waals surface area contributed by atoms with Gasteiger partial charge in [0.15, 0.2) is 0 Å². The number of nitrogens with zero attached hydrogens (tertiary/aromatic N) is 3. The fourth-order valence-electron chi connectivity index (χ4n) is 3.73. The quantitative estimate of drug-likeness (QED) is 0.212. The summed E-state index contributed by atoms with van der Waals surface area (Å²) in [6, 6.07) is 39.4. The van der Waals surface area contributed by atoms with E-state index in [1.165, 1.54) is 0 Å². The molecule has 2 aromatic heterocycles. The molecule has 214 valence electrons. The average Bonchev–Trinajstić information content (AvgIpc) is 3.10. The van der Waals surface area contributed by atoms with E-state index in [1.807, 2.05) is 98.0 Å². The molecule has 0 fully saturated rings. The van der Waals surface area contributed by atoms with Gasteiger partial charge in [0, 0.05) is 29.5 Å². The monoisotopic (exact) mass is 545 g/mol. The molecule has 0 radical (unpaired) electrons. The maximum Gasteiger partial charge on any atom is 0.0892 e. The SMILES string of the molecule is C(=C\c1ccnc(-c2ccccn2)c1)/c1ccc(N(c2ccccc2)c2ccccc2)cc1.CC.CC.CC.CC. The predicted octanol–water partition coefficient (Wildman–Crippen LogP) is 11.9. The Morgan fingerprint density at radius 1 is 0.415 bits per heavy atom. The van der Waals surface area contributed by atoms with Crippen LogP contribution in [0.3, 0.4) is 0 Å². The van der Waals surface area contributed by atoms with Crippen LogP contribution >= 0.6 is 0 Å². The zero-order chi connectivity index (χ0) is 30.3. The van der Waals surface area contributed by atoms with Crippen LogP contribution in [0.25, 0.3) is 23.5 Å². The van der Waals surface area contributed by atoms with Crippen molar-refractivity contribution in [3.8, 4) is 11.4 Å². The molecule has 3 nitrogen and oxygen atoms in total. The first-order chi connectivity index (χ1) is 20.4. The van der Waals surface area contributed by atoms with Crippen molar-refractivity contribution >= 4 is 29.2 Å². The third kappa shape index (κ3) is 10.9. The van der Waals surface area contributed by atoms with Crippen molar-refractivity contribution in [1.29, 1.82) is 0 Å². The third-order valence-corrected chi connectivity index (χ3v) is 5.36. The summed E-state index contributed by atoms with van der Waals surface area (Å²) in [5, 5.41) is 0. The molecule has 0 saturated carbocycles. The van der Waals surface area contributed by atoms with Crippen LogP contribution in [0.4, 0.5) is 17.1 Å². The summed E-state index contributed by atoms with van der Waals surface area (Å²) in [7, 11) is 0. The molecule has 0 N–H and O–H groups in total. The second-order valence-electron chi connectivity index (χ2n) is 7.62. The van der Waals surface area contributed by atoms with Crippen LogP contribution in [-0.4, -0.2) is 9.97 Å². The highest BCUT2D eigenvalue weighted by Crippen LogP contribution is 2.34. The van der Waals surface area contributed by atoms with Crippen LogP contribution in [0.1, 0.15) is 66.5 Å². The lowest BCUT2D eigenvalue weighted by Gasteiger charge is -2.25. The van der Waals surface area contributed by atoms with Gasteiger partial charge in [-0.25, -0.2) is 0 Å². The lowest BCUT2D eigenvalue weighted by atomic mass is 10.1. The smallest absolute Gasteiger partial charge is 0.0892 e. The minimum absolute atomic E-state index is 0.870. The second-order valence-corrected chi connectivity index (χ2v) is 7.62. The zero-order valence-electron chi connectivity index (χ0n) is 26.1. The lowest BCUT2D eigenvalue weighted by Crippen LogP contribution is -2.09. The Balaban J connectivity index is 0.000000969. The summed E-state index contributed by atoms with van der Waals surface area (Å²) in [5.41, 5.74) is 7.34. The maximum absolute atomic E-state index is 4.45. The van der Waals surface area contributed by atoms with E-state index in [2.05, 4.69) is 106 Å². The second kappa shape index (κ2) is 21.3. The molecule has 3 heteroatoms. The standard InChI is InChI=1S/C30H23N3.4C2H6/c1-3-9-26(10-4-1)33(27-11-5-2-6-12-27)28-18-16-24(17-19-28)14-15-25-20-22-32-30(23-25)29-13-7-8-21-31-29;4*1-2/h1-23H;4*1-2H3/b15-14+;;;;. The van der Waals surface area contributed by atoms with Gasteiger partial charge in [-0.2, -0.15) is 0 Å². The molecule has 0 spiro atoms. The van der Waals surface area contributed by atoms with Crippen LogP contribution in [-0.2, 0) is 0 Å². The van der Waals surface area contributed by atoms with Crippen molar-refractivity contribution in [2.24, 2.45) is 0 Å². The van der Waals surface area contributed by atoms with Gasteiger partial charge in [-0.1, -0.05) is 122 Å². The molecule has 5 aromatic rings. The molecule has 0 aliphatic rings. The minimum Gasteiger partial charge on any atom is -0.311 e. The highest BCUT2D eigenvalue weighted by atomic mass is 15.1. The topological polar surface area (TPSA) is 29.0 Å². The summed E-state index contributed by atoms with van der Waals surface area (Å²) in [4.78, 5) is 11.1. The highest BCUT2D eigenvalue weighted by Gasteiger charge is 2.11. The number of hydrogen-bond acceptors (Lipinski definition) is 3. The number of benzene rings is 3. The van der Waals surface area contributed by atoms with Gasteiger partial charge >= 0.3 is 0 Å². The molecule has 2 heterocycles. The van der Waals surface area contributed by atoms with Crippen LogP contribution in [0.5, 0.6) is 0 Å². The van der Waals surface area contributed by atoms with Crippen molar-refractivity contribution in [1.82, 2.24) is 9.97 Å². The van der Waals surface area contributed by atoms with E-state index in [9.17, 15) is 0 Å². The van der Waals surface area contributed by atoms with Crippen LogP contribution in [0.2, 0.25) is 0 Å². The normalized spacial score (nSPS) is 9.37. The Kier molecular flexibility index (Phi) is 18.0. The maximum atomic E-state index is 4.45. The third-order valence-electron chi connectivity index (χ3n) is 5.36. The largest absolute Gasteiger partial charge is 0.311 e. The first-order valence-corrected chi connectivity index (χ1v) is 14.9. The summed E-state index contributed by atoms with van der Waals surface area (Å²) < 4.78 is 0. The number of rotatable bonds is 6. The lowest BCUT2D eigenvalue weighted by molar-refractivity contribution is 1.24. The summed E-state index contributed by atoms with van der Waals surface area (Å²) >= 11 is 0. The fourth-order valence-corrected chi connectivity index (χ4v) is 3.73. The van der Waals surface area contributed by atoms with Crippen LogP contribution in [0.15, 0.2) is 128 Å². The Hall–Kier alpha value is -4.50. The number of pyridine rings is 2. The van der Waals surface area contributed by atoms with Crippen molar-refractivity contribution in [2.45, 2.75) is 55.4 Å². The Labute approximate surface area is 249 Å². The summed E-state index contributed by atoms with van der Waals surface area (Å²) in [5.74, 6) is 0. The molecule has 0 aliphatic carbocycles. The van der Waals surface area contributed by atoms with E-state index in [1.54, 1.807) is 6.20 Å². The highest BCUT2D eigenvalue weighted by molar-refractivity contribution is 5.78. The molecule has 41 heavy (non-hydrogen) atoms. The number of aromatic nitrogens is 2. The first-order valence-electron chi connectivity index (χ1n) is 14.9. The van der Waals surface area contributed by atoms with E-state index in [0.29, 0.717) is 0 Å². The van der Waals surface area contributed by atoms with Gasteiger partial charge in [0.05, 0.1) is 11.4 Å². The number of para-hydroxylation sites is 2. The molecular weight excluding hydrogens is 498 g/mol. The molecule has 0 saturated heterocycles. The fraction of sp³-hybridized carbons (Fsp3) is 0.211. The van der Waals surface area contributed by atoms with Crippen molar-refractivity contribution in [2.75, 3.05) is 4.90 Å². The van der Waals surface area contributed by atoms with Gasteiger partial charge in [-0.3, -0.25) is 9.97 Å². The van der Waals surface area contributed by atoms with E-state index < -0.39 is 0 Å². The minimum atomic E-state index is 0.870. The molecule has 5 rings (SSSR count). The van der Waals surface area contributed by atoms with Gasteiger partial charge in [0.1, 0.15) is 0 Å². The van der Waals surface area contributed by atoms with Crippen molar-refractivity contribution < 1.29 is 0 Å². The molecule has 0 unspecified atom stereocenters. The number of hydrogen-bond donors (Lipinski definition) is 0. The van der Waals surface area contributed by atoms with Gasteiger partial charge < -0.3 is 4.90 Å². The Morgan fingerprint density at radius 2 is 0.878 bits per heavy atom. The zero-order valence-corrected chi connectivity index (χ0v) is 26.1. The summed E-state index contributed by atoms with van der Waals surface area (Å²) in [6.07, 6.45) is 7.84. The van der Waals surface area contributed by atoms with Crippen LogP contribution < -0.4 is 4.90 Å². The Morgan fingerprint density at radius 3 is 1.39 bits per heavy atom. The molecule has 0 amide bonds. The predicted molar refractivity (Wildman–Crippen MR) is 183 cm³/mol. The molecular formula is C38H47N3. The first kappa shape index (κ1) is 34.5. The molecule has 0 bridgehead atoms. The number of anilines is 3. The van der Waals surface area contributed by atoms with Gasteiger partial charge in [-0.15, -0.1) is 0 Å². The Bertz CT molecular complexity index is 1290.